The van der Waals surface area contributed by atoms with Gasteiger partial charge >= 0.3 is 6.09 Å². The van der Waals surface area contributed by atoms with Crippen LogP contribution in [0, 0.1) is 0 Å². The van der Waals surface area contributed by atoms with E-state index in [0.29, 0.717) is 21.5 Å². The van der Waals surface area contributed by atoms with Crippen LogP contribution in [-0.2, 0) is 6.54 Å². The summed E-state index contributed by atoms with van der Waals surface area (Å²) in [5, 5.41) is 9.83. The molecule has 116 valence electrons. The molecule has 0 saturated heterocycles. The number of benzene rings is 2. The van der Waals surface area contributed by atoms with Crippen molar-refractivity contribution in [3.63, 3.8) is 0 Å². The van der Waals surface area contributed by atoms with E-state index in [4.69, 9.17) is 33.0 Å². The van der Waals surface area contributed by atoms with Crippen LogP contribution in [-0.4, -0.2) is 23.1 Å². The molecule has 7 heteroatoms. The molecule has 0 unspecified atom stereocenters. The van der Waals surface area contributed by atoms with Gasteiger partial charge in [0.25, 0.3) is 0 Å². The van der Waals surface area contributed by atoms with Crippen molar-refractivity contribution in [1.29, 1.82) is 0 Å². The lowest BCUT2D eigenvalue weighted by Gasteiger charge is -2.17. The lowest BCUT2D eigenvalue weighted by Crippen LogP contribution is -2.24. The number of hydrogen-bond donors (Lipinski definition) is 1. The van der Waals surface area contributed by atoms with Gasteiger partial charge < -0.3 is 14.7 Å². The van der Waals surface area contributed by atoms with E-state index in [9.17, 15) is 4.79 Å². The van der Waals surface area contributed by atoms with Crippen LogP contribution in [0.4, 0.5) is 4.79 Å². The monoisotopic (exact) mass is 403 g/mol. The van der Waals surface area contributed by atoms with Gasteiger partial charge in [0.05, 0.1) is 16.6 Å². The minimum atomic E-state index is -1.01. The first-order valence-electron chi connectivity index (χ1n) is 6.22. The number of rotatable bonds is 4. The summed E-state index contributed by atoms with van der Waals surface area (Å²) in [6.07, 6.45) is -1.01. The Morgan fingerprint density at radius 3 is 2.59 bits per heavy atom. The van der Waals surface area contributed by atoms with E-state index < -0.39 is 6.09 Å². The molecule has 0 atom stereocenters. The summed E-state index contributed by atoms with van der Waals surface area (Å²) in [5.74, 6) is 1.07. The second kappa shape index (κ2) is 7.22. The minimum Gasteiger partial charge on any atom is -0.465 e. The van der Waals surface area contributed by atoms with Crippen molar-refractivity contribution >= 4 is 45.2 Å². The third kappa shape index (κ3) is 4.29. The van der Waals surface area contributed by atoms with Crippen LogP contribution in [0.1, 0.15) is 5.56 Å². The number of hydrogen-bond acceptors (Lipinski definition) is 2. The molecule has 0 aliphatic heterocycles. The highest BCUT2D eigenvalue weighted by atomic mass is 79.9. The van der Waals surface area contributed by atoms with Crippen molar-refractivity contribution in [2.24, 2.45) is 0 Å². The normalized spacial score (nSPS) is 10.4. The Bertz CT molecular complexity index is 709. The molecule has 0 aliphatic carbocycles. The van der Waals surface area contributed by atoms with E-state index in [-0.39, 0.29) is 6.54 Å². The predicted octanol–water partition coefficient (Wildman–Crippen LogP) is 5.66. The quantitative estimate of drug-likeness (QED) is 0.715. The molecule has 0 saturated carbocycles. The summed E-state index contributed by atoms with van der Waals surface area (Å²) in [5.41, 5.74) is 0.727. The number of carboxylic acid groups (broad SMARTS) is 1. The minimum absolute atomic E-state index is 0.200. The Morgan fingerprint density at radius 1 is 1.23 bits per heavy atom. The molecule has 2 aromatic carbocycles. The fourth-order valence-electron chi connectivity index (χ4n) is 1.76. The zero-order valence-corrected chi connectivity index (χ0v) is 14.6. The molecule has 1 amide bonds. The topological polar surface area (TPSA) is 49.8 Å². The first-order chi connectivity index (χ1) is 10.4. The summed E-state index contributed by atoms with van der Waals surface area (Å²) in [6, 6.07) is 10.3. The number of nitrogens with zero attached hydrogens (tertiary/aromatic N) is 1. The number of halogens is 3. The highest BCUT2D eigenvalue weighted by Gasteiger charge is 2.12. The molecular formula is C15H12BrCl2NO3. The van der Waals surface area contributed by atoms with Crippen LogP contribution in [0.2, 0.25) is 10.0 Å². The third-order valence-electron chi connectivity index (χ3n) is 2.88. The van der Waals surface area contributed by atoms with Crippen LogP contribution in [0.25, 0.3) is 0 Å². The Labute approximate surface area is 146 Å². The molecule has 0 aromatic heterocycles. The van der Waals surface area contributed by atoms with Gasteiger partial charge in [0, 0.05) is 23.2 Å². The van der Waals surface area contributed by atoms with Crippen molar-refractivity contribution in [2.45, 2.75) is 6.54 Å². The molecular weight excluding hydrogens is 393 g/mol. The number of ether oxygens (including phenoxy) is 1. The van der Waals surface area contributed by atoms with Crippen LogP contribution >= 0.6 is 39.1 Å². The summed E-state index contributed by atoms with van der Waals surface area (Å²) in [7, 11) is 1.49. The van der Waals surface area contributed by atoms with Gasteiger partial charge in [-0.1, -0.05) is 39.1 Å². The van der Waals surface area contributed by atoms with E-state index >= 15 is 0 Å². The van der Waals surface area contributed by atoms with Gasteiger partial charge in [-0.05, 0) is 30.3 Å². The van der Waals surface area contributed by atoms with Crippen molar-refractivity contribution < 1.29 is 14.6 Å². The van der Waals surface area contributed by atoms with Crippen LogP contribution in [0.5, 0.6) is 11.5 Å². The predicted molar refractivity (Wildman–Crippen MR) is 90.2 cm³/mol. The van der Waals surface area contributed by atoms with Gasteiger partial charge in [0.1, 0.15) is 11.5 Å². The van der Waals surface area contributed by atoms with Crippen LogP contribution in [0.3, 0.4) is 0 Å². The zero-order chi connectivity index (χ0) is 16.3. The largest absolute Gasteiger partial charge is 0.465 e. The van der Waals surface area contributed by atoms with Crippen molar-refractivity contribution in [3.05, 3.63) is 56.5 Å². The molecule has 1 N–H and O–H groups in total. The third-order valence-corrected chi connectivity index (χ3v) is 4.11. The molecule has 0 radical (unpaired) electrons. The highest BCUT2D eigenvalue weighted by molar-refractivity contribution is 9.10. The zero-order valence-electron chi connectivity index (χ0n) is 11.5. The van der Waals surface area contributed by atoms with E-state index in [1.165, 1.54) is 11.9 Å². The van der Waals surface area contributed by atoms with E-state index in [1.807, 2.05) is 12.1 Å². The Morgan fingerprint density at radius 2 is 1.95 bits per heavy atom. The molecule has 0 bridgehead atoms. The molecule has 0 aliphatic rings. The molecule has 2 aromatic rings. The maximum atomic E-state index is 11.0. The van der Waals surface area contributed by atoms with Crippen LogP contribution < -0.4 is 4.74 Å². The lowest BCUT2D eigenvalue weighted by molar-refractivity contribution is 0.153. The van der Waals surface area contributed by atoms with Crippen molar-refractivity contribution in [2.75, 3.05) is 7.05 Å². The fraction of sp³-hybridized carbons (Fsp3) is 0.133. The second-order valence-electron chi connectivity index (χ2n) is 4.57. The van der Waals surface area contributed by atoms with Crippen LogP contribution in [0.15, 0.2) is 40.9 Å². The smallest absolute Gasteiger partial charge is 0.407 e. The number of amides is 1. The second-order valence-corrected chi connectivity index (χ2v) is 6.30. The van der Waals surface area contributed by atoms with Gasteiger partial charge in [0.2, 0.25) is 0 Å². The number of carbonyl (C=O) groups is 1. The van der Waals surface area contributed by atoms with Crippen molar-refractivity contribution in [1.82, 2.24) is 4.90 Å². The van der Waals surface area contributed by atoms with Gasteiger partial charge in [-0.3, -0.25) is 0 Å². The van der Waals surface area contributed by atoms with Gasteiger partial charge in [-0.25, -0.2) is 4.79 Å². The van der Waals surface area contributed by atoms with Gasteiger partial charge in [-0.2, -0.15) is 0 Å². The molecule has 4 nitrogen and oxygen atoms in total. The van der Waals surface area contributed by atoms with E-state index in [2.05, 4.69) is 15.9 Å². The summed E-state index contributed by atoms with van der Waals surface area (Å²) in [6.45, 7) is 0.200. The summed E-state index contributed by atoms with van der Waals surface area (Å²) < 4.78 is 6.63. The SMILES string of the molecule is CN(Cc1cc(Br)ccc1Oc1ccc(Cl)c(Cl)c1)C(=O)O. The van der Waals surface area contributed by atoms with E-state index in [0.717, 1.165) is 10.0 Å². The highest BCUT2D eigenvalue weighted by Crippen LogP contribution is 2.32. The lowest BCUT2D eigenvalue weighted by atomic mass is 10.2. The maximum Gasteiger partial charge on any atom is 0.407 e. The summed E-state index contributed by atoms with van der Waals surface area (Å²) >= 11 is 15.2. The molecule has 0 heterocycles. The van der Waals surface area contributed by atoms with Gasteiger partial charge in [-0.15, -0.1) is 0 Å². The summed E-state index contributed by atoms with van der Waals surface area (Å²) in [4.78, 5) is 12.2. The first kappa shape index (κ1) is 16.9. The average molecular weight is 405 g/mol. The Hall–Kier alpha value is -1.43. The van der Waals surface area contributed by atoms with Crippen molar-refractivity contribution in [3.8, 4) is 11.5 Å². The Balaban J connectivity index is 2.29. The molecule has 22 heavy (non-hydrogen) atoms. The maximum absolute atomic E-state index is 11.0. The average Bonchev–Trinajstić information content (AvgIpc) is 2.45. The Kier molecular flexibility index (Phi) is 5.56. The fourth-order valence-corrected chi connectivity index (χ4v) is 2.46. The van der Waals surface area contributed by atoms with E-state index in [1.54, 1.807) is 24.3 Å². The molecule has 0 fully saturated rings. The molecule has 0 spiro atoms. The first-order valence-corrected chi connectivity index (χ1v) is 7.77. The molecule has 2 rings (SSSR count). The standard InChI is InChI=1S/C15H12BrCl2NO3/c1-19(15(20)21)8-9-6-10(16)2-5-14(9)22-11-3-4-12(17)13(18)7-11/h2-7H,8H2,1H3,(H,20,21). The van der Waals surface area contributed by atoms with Gasteiger partial charge in [0.15, 0.2) is 0 Å².